The summed E-state index contributed by atoms with van der Waals surface area (Å²) in [6, 6.07) is 39.6. The molecule has 8 aromatic rings. The maximum Gasteiger partial charge on any atom is 0.227 e. The Kier molecular flexibility index (Phi) is 4.76. The van der Waals surface area contributed by atoms with Gasteiger partial charge in [-0.25, -0.2) is 4.98 Å². The van der Waals surface area contributed by atoms with E-state index in [1.165, 1.54) is 10.8 Å². The monoisotopic (exact) mass is 502 g/mol. The second-order valence-corrected chi connectivity index (χ2v) is 9.58. The Balaban J connectivity index is 1.39. The smallest absolute Gasteiger partial charge is 0.227 e. The minimum atomic E-state index is 0.618. The van der Waals surface area contributed by atoms with E-state index < -0.39 is 0 Å². The zero-order chi connectivity index (χ0) is 25.8. The molecule has 0 N–H and O–H groups in total. The summed E-state index contributed by atoms with van der Waals surface area (Å²) in [4.78, 5) is 9.45. The van der Waals surface area contributed by atoms with E-state index in [1.807, 2.05) is 54.7 Å². The van der Waals surface area contributed by atoms with Crippen LogP contribution in [-0.4, -0.2) is 19.1 Å². The molecule has 0 aliphatic carbocycles. The lowest BCUT2D eigenvalue weighted by atomic mass is 10.1. The Labute approximate surface area is 224 Å². The van der Waals surface area contributed by atoms with Gasteiger partial charge in [0, 0.05) is 46.2 Å². The number of para-hydroxylation sites is 3. The van der Waals surface area contributed by atoms with Crippen LogP contribution in [0.25, 0.3) is 67.0 Å². The first-order valence-corrected chi connectivity index (χ1v) is 12.9. The van der Waals surface area contributed by atoms with Crippen molar-refractivity contribution in [1.29, 1.82) is 0 Å². The minimum absolute atomic E-state index is 0.618. The van der Waals surface area contributed by atoms with Crippen LogP contribution in [0.1, 0.15) is 0 Å². The van der Waals surface area contributed by atoms with Gasteiger partial charge in [-0.15, -0.1) is 0 Å². The van der Waals surface area contributed by atoms with Crippen molar-refractivity contribution < 1.29 is 4.42 Å². The lowest BCUT2D eigenvalue weighted by Gasteiger charge is -2.15. The Morgan fingerprint density at radius 3 is 2.33 bits per heavy atom. The summed E-state index contributed by atoms with van der Waals surface area (Å²) in [6.07, 6.45) is 5.97. The SMILES string of the molecule is c1ccc(-c2cc(-n3c4ccccc4c4ccc(-c5nc6ccccc6o5)cc43)ccc2-n2cccc2)nc1. The molecule has 39 heavy (non-hydrogen) atoms. The van der Waals surface area contributed by atoms with Gasteiger partial charge in [-0.05, 0) is 72.8 Å². The Morgan fingerprint density at radius 2 is 1.46 bits per heavy atom. The van der Waals surface area contributed by atoms with Gasteiger partial charge in [0.2, 0.25) is 5.89 Å². The van der Waals surface area contributed by atoms with E-state index in [-0.39, 0.29) is 0 Å². The molecule has 4 aromatic carbocycles. The molecular weight excluding hydrogens is 480 g/mol. The summed E-state index contributed by atoms with van der Waals surface area (Å²) in [6.45, 7) is 0. The molecule has 0 radical (unpaired) electrons. The van der Waals surface area contributed by atoms with Gasteiger partial charge in [0.25, 0.3) is 0 Å². The molecule has 0 amide bonds. The van der Waals surface area contributed by atoms with Gasteiger partial charge in [0.05, 0.1) is 22.4 Å². The molecule has 0 saturated heterocycles. The summed E-state index contributed by atoms with van der Waals surface area (Å²) in [5, 5.41) is 2.38. The standard InChI is InChI=1S/C34H22N4O/c1-3-12-31-25(9-1)26-16-14-23(34-36-29-11-2-4-13-33(29)39-34)21-32(26)38(31)24-15-17-30(37-19-7-8-20-37)27(22-24)28-10-5-6-18-35-28/h1-22H. The molecule has 0 aliphatic rings. The third-order valence-electron chi connectivity index (χ3n) is 7.28. The van der Waals surface area contributed by atoms with E-state index in [0.29, 0.717) is 5.89 Å². The van der Waals surface area contributed by atoms with Crippen molar-refractivity contribution >= 4 is 32.9 Å². The van der Waals surface area contributed by atoms with Gasteiger partial charge in [-0.3, -0.25) is 4.98 Å². The number of aromatic nitrogens is 4. The molecule has 0 atom stereocenters. The van der Waals surface area contributed by atoms with Crippen LogP contribution in [0.2, 0.25) is 0 Å². The van der Waals surface area contributed by atoms with Crippen LogP contribution < -0.4 is 0 Å². The van der Waals surface area contributed by atoms with Crippen LogP contribution >= 0.6 is 0 Å². The molecule has 5 nitrogen and oxygen atoms in total. The maximum absolute atomic E-state index is 6.13. The Hall–Kier alpha value is -5.42. The van der Waals surface area contributed by atoms with Gasteiger partial charge in [-0.1, -0.05) is 42.5 Å². The molecule has 5 heteroatoms. The maximum atomic E-state index is 6.13. The lowest BCUT2D eigenvalue weighted by Crippen LogP contribution is -2.00. The third kappa shape index (κ3) is 3.48. The number of benzene rings is 4. The summed E-state index contributed by atoms with van der Waals surface area (Å²) in [5.41, 5.74) is 8.95. The number of fused-ring (bicyclic) bond motifs is 4. The summed E-state index contributed by atoms with van der Waals surface area (Å²) in [5.74, 6) is 0.618. The molecule has 0 fully saturated rings. The molecule has 4 aromatic heterocycles. The lowest BCUT2D eigenvalue weighted by molar-refractivity contribution is 0.620. The minimum Gasteiger partial charge on any atom is -0.436 e. The highest BCUT2D eigenvalue weighted by Gasteiger charge is 2.17. The van der Waals surface area contributed by atoms with Gasteiger partial charge in [0.1, 0.15) is 5.52 Å². The van der Waals surface area contributed by atoms with Crippen molar-refractivity contribution in [2.45, 2.75) is 0 Å². The quantitative estimate of drug-likeness (QED) is 0.243. The van der Waals surface area contributed by atoms with Crippen LogP contribution in [0.5, 0.6) is 0 Å². The molecule has 0 unspecified atom stereocenters. The zero-order valence-corrected chi connectivity index (χ0v) is 20.9. The zero-order valence-electron chi connectivity index (χ0n) is 20.9. The summed E-state index contributed by atoms with van der Waals surface area (Å²) in [7, 11) is 0. The fourth-order valence-electron chi connectivity index (χ4n) is 5.49. The number of hydrogen-bond donors (Lipinski definition) is 0. The fraction of sp³-hybridized carbons (Fsp3) is 0. The first kappa shape index (κ1) is 21.6. The van der Waals surface area contributed by atoms with Crippen LogP contribution in [0.3, 0.4) is 0 Å². The van der Waals surface area contributed by atoms with Crippen LogP contribution in [-0.2, 0) is 0 Å². The van der Waals surface area contributed by atoms with Gasteiger partial charge < -0.3 is 13.6 Å². The average molecular weight is 503 g/mol. The second-order valence-electron chi connectivity index (χ2n) is 9.58. The van der Waals surface area contributed by atoms with E-state index in [1.54, 1.807) is 0 Å². The number of hydrogen-bond acceptors (Lipinski definition) is 3. The normalized spacial score (nSPS) is 11.6. The van der Waals surface area contributed by atoms with Crippen molar-refractivity contribution in [3.8, 4) is 34.1 Å². The molecule has 8 rings (SSSR count). The molecule has 0 saturated carbocycles. The van der Waals surface area contributed by atoms with Crippen molar-refractivity contribution in [2.24, 2.45) is 0 Å². The number of pyridine rings is 1. The molecule has 0 aliphatic heterocycles. The highest BCUT2D eigenvalue weighted by atomic mass is 16.3. The predicted molar refractivity (Wildman–Crippen MR) is 156 cm³/mol. The molecule has 0 spiro atoms. The van der Waals surface area contributed by atoms with Gasteiger partial charge in [0.15, 0.2) is 5.58 Å². The fourth-order valence-corrected chi connectivity index (χ4v) is 5.49. The first-order chi connectivity index (χ1) is 19.3. The molecule has 184 valence electrons. The van der Waals surface area contributed by atoms with E-state index in [0.717, 1.165) is 50.3 Å². The van der Waals surface area contributed by atoms with Crippen molar-refractivity contribution in [1.82, 2.24) is 19.1 Å². The van der Waals surface area contributed by atoms with Crippen molar-refractivity contribution in [3.63, 3.8) is 0 Å². The second kappa shape index (κ2) is 8.57. The average Bonchev–Trinajstić information content (AvgIpc) is 3.75. The van der Waals surface area contributed by atoms with E-state index >= 15 is 0 Å². The van der Waals surface area contributed by atoms with E-state index in [4.69, 9.17) is 14.4 Å². The topological polar surface area (TPSA) is 48.8 Å². The number of oxazole rings is 1. The Bertz CT molecular complexity index is 2090. The Morgan fingerprint density at radius 1 is 0.641 bits per heavy atom. The third-order valence-corrected chi connectivity index (χ3v) is 7.28. The molecular formula is C34H22N4O. The predicted octanol–water partition coefficient (Wildman–Crippen LogP) is 8.44. The number of rotatable bonds is 4. The van der Waals surface area contributed by atoms with Crippen LogP contribution in [0.15, 0.2) is 138 Å². The summed E-state index contributed by atoms with van der Waals surface area (Å²) < 4.78 is 10.6. The first-order valence-electron chi connectivity index (χ1n) is 12.9. The van der Waals surface area contributed by atoms with Crippen LogP contribution in [0, 0.1) is 0 Å². The largest absolute Gasteiger partial charge is 0.436 e. The number of nitrogens with zero attached hydrogens (tertiary/aromatic N) is 4. The molecule has 4 heterocycles. The van der Waals surface area contributed by atoms with Gasteiger partial charge in [-0.2, -0.15) is 0 Å². The van der Waals surface area contributed by atoms with Crippen molar-refractivity contribution in [3.05, 3.63) is 134 Å². The van der Waals surface area contributed by atoms with Crippen LogP contribution in [0.4, 0.5) is 0 Å². The van der Waals surface area contributed by atoms with Crippen molar-refractivity contribution in [2.75, 3.05) is 0 Å². The van der Waals surface area contributed by atoms with E-state index in [9.17, 15) is 0 Å². The van der Waals surface area contributed by atoms with E-state index in [2.05, 4.69) is 88.3 Å². The molecule has 0 bridgehead atoms. The highest BCUT2D eigenvalue weighted by molar-refractivity contribution is 6.10. The highest BCUT2D eigenvalue weighted by Crippen LogP contribution is 2.37. The summed E-state index contributed by atoms with van der Waals surface area (Å²) >= 11 is 0. The van der Waals surface area contributed by atoms with Gasteiger partial charge >= 0.3 is 0 Å².